The standard InChI is InChI=1S/C24H25FN2O5S/c1-31-16-15-27(24(28)26-17-19-5-3-2-4-6-19)18-20-7-11-22(12-8-20)32-33(29,30)23-13-9-21(25)10-14-23/h2-14H,15-18H2,1H3,(H,26,28). The molecule has 1 N–H and O–H groups in total. The van der Waals surface area contributed by atoms with E-state index in [2.05, 4.69) is 5.32 Å². The second-order valence-electron chi connectivity index (χ2n) is 7.19. The first-order valence-electron chi connectivity index (χ1n) is 10.2. The molecule has 0 unspecified atom stereocenters. The fourth-order valence-electron chi connectivity index (χ4n) is 2.99. The Balaban J connectivity index is 1.63. The average molecular weight is 473 g/mol. The highest BCUT2D eigenvalue weighted by Crippen LogP contribution is 2.20. The Kier molecular flexibility index (Phi) is 8.39. The molecule has 0 aliphatic rings. The van der Waals surface area contributed by atoms with Crippen molar-refractivity contribution in [3.63, 3.8) is 0 Å². The maximum absolute atomic E-state index is 13.0. The maximum atomic E-state index is 13.0. The Morgan fingerprint density at radius 3 is 2.24 bits per heavy atom. The van der Waals surface area contributed by atoms with Gasteiger partial charge in [-0.05, 0) is 47.5 Å². The van der Waals surface area contributed by atoms with E-state index < -0.39 is 15.9 Å². The van der Waals surface area contributed by atoms with Crippen molar-refractivity contribution < 1.29 is 26.5 Å². The van der Waals surface area contributed by atoms with E-state index in [0.29, 0.717) is 26.2 Å². The SMILES string of the molecule is COCCN(Cc1ccc(OS(=O)(=O)c2ccc(F)cc2)cc1)C(=O)NCc1ccccc1. The quantitative estimate of drug-likeness (QED) is 0.452. The van der Waals surface area contributed by atoms with Crippen molar-refractivity contribution in [2.75, 3.05) is 20.3 Å². The summed E-state index contributed by atoms with van der Waals surface area (Å²) in [5, 5.41) is 2.89. The van der Waals surface area contributed by atoms with Crippen LogP contribution in [0, 0.1) is 5.82 Å². The molecule has 0 heterocycles. The zero-order valence-corrected chi connectivity index (χ0v) is 18.9. The van der Waals surface area contributed by atoms with E-state index in [4.69, 9.17) is 8.92 Å². The summed E-state index contributed by atoms with van der Waals surface area (Å²) in [5.74, 6) is -0.427. The third-order valence-corrected chi connectivity index (χ3v) is 6.01. The third-order valence-electron chi connectivity index (χ3n) is 4.74. The Morgan fingerprint density at radius 2 is 1.61 bits per heavy atom. The van der Waals surface area contributed by atoms with Crippen molar-refractivity contribution in [1.29, 1.82) is 0 Å². The van der Waals surface area contributed by atoms with Crippen molar-refractivity contribution in [2.24, 2.45) is 0 Å². The number of ether oxygens (including phenoxy) is 1. The zero-order valence-electron chi connectivity index (χ0n) is 18.1. The van der Waals surface area contributed by atoms with Crippen molar-refractivity contribution in [1.82, 2.24) is 10.2 Å². The predicted molar refractivity (Wildman–Crippen MR) is 122 cm³/mol. The molecule has 0 spiro atoms. The molecular formula is C24H25FN2O5S. The number of hydrogen-bond acceptors (Lipinski definition) is 5. The van der Waals surface area contributed by atoms with Crippen molar-refractivity contribution >= 4 is 16.1 Å². The number of carbonyl (C=O) groups excluding carboxylic acids is 1. The number of nitrogens with one attached hydrogen (secondary N) is 1. The summed E-state index contributed by atoms with van der Waals surface area (Å²) in [6.07, 6.45) is 0. The highest BCUT2D eigenvalue weighted by atomic mass is 32.2. The van der Waals surface area contributed by atoms with Crippen LogP contribution in [-0.2, 0) is 27.9 Å². The largest absolute Gasteiger partial charge is 0.383 e. The number of benzene rings is 3. The maximum Gasteiger partial charge on any atom is 0.339 e. The molecule has 0 fully saturated rings. The van der Waals surface area contributed by atoms with Crippen LogP contribution >= 0.6 is 0 Å². The first-order valence-corrected chi connectivity index (χ1v) is 11.6. The number of rotatable bonds is 10. The number of methoxy groups -OCH3 is 1. The van der Waals surface area contributed by atoms with E-state index in [1.807, 2.05) is 30.3 Å². The van der Waals surface area contributed by atoms with Crippen LogP contribution in [-0.4, -0.2) is 39.6 Å². The van der Waals surface area contributed by atoms with Crippen molar-refractivity contribution in [3.05, 3.63) is 95.8 Å². The summed E-state index contributed by atoms with van der Waals surface area (Å²) in [4.78, 5) is 14.2. The van der Waals surface area contributed by atoms with Gasteiger partial charge in [0, 0.05) is 26.7 Å². The molecule has 0 saturated heterocycles. The molecule has 0 aliphatic carbocycles. The summed E-state index contributed by atoms with van der Waals surface area (Å²) >= 11 is 0. The normalized spacial score (nSPS) is 11.1. The molecule has 0 saturated carbocycles. The number of hydrogen-bond donors (Lipinski definition) is 1. The molecule has 33 heavy (non-hydrogen) atoms. The minimum absolute atomic E-state index is 0.111. The van der Waals surface area contributed by atoms with Crippen LogP contribution in [0.2, 0.25) is 0 Å². The molecule has 3 rings (SSSR count). The lowest BCUT2D eigenvalue weighted by molar-refractivity contribution is 0.146. The average Bonchev–Trinajstić information content (AvgIpc) is 2.82. The summed E-state index contributed by atoms with van der Waals surface area (Å²) in [6.45, 7) is 1.45. The lowest BCUT2D eigenvalue weighted by Gasteiger charge is -2.23. The smallest absolute Gasteiger partial charge is 0.339 e. The van der Waals surface area contributed by atoms with E-state index in [0.717, 1.165) is 35.4 Å². The second-order valence-corrected chi connectivity index (χ2v) is 8.74. The second kappa shape index (κ2) is 11.4. The summed E-state index contributed by atoms with van der Waals surface area (Å²) in [7, 11) is -2.52. The van der Waals surface area contributed by atoms with Crippen molar-refractivity contribution in [2.45, 2.75) is 18.0 Å². The lowest BCUT2D eigenvalue weighted by atomic mass is 10.2. The van der Waals surface area contributed by atoms with Crippen LogP contribution in [0.25, 0.3) is 0 Å². The molecule has 0 aromatic heterocycles. The van der Waals surface area contributed by atoms with Gasteiger partial charge in [-0.3, -0.25) is 0 Å². The van der Waals surface area contributed by atoms with Gasteiger partial charge < -0.3 is 19.1 Å². The number of urea groups is 1. The van der Waals surface area contributed by atoms with E-state index in [1.54, 1.807) is 24.1 Å². The molecule has 7 nitrogen and oxygen atoms in total. The molecule has 3 aromatic carbocycles. The monoisotopic (exact) mass is 472 g/mol. The molecule has 0 radical (unpaired) electrons. The highest BCUT2D eigenvalue weighted by molar-refractivity contribution is 7.87. The van der Waals surface area contributed by atoms with Crippen molar-refractivity contribution in [3.8, 4) is 5.75 Å². The third kappa shape index (κ3) is 7.30. The molecule has 3 aromatic rings. The van der Waals surface area contributed by atoms with Crippen LogP contribution in [0.1, 0.15) is 11.1 Å². The first kappa shape index (κ1) is 24.2. The van der Waals surface area contributed by atoms with Gasteiger partial charge in [0.25, 0.3) is 0 Å². The molecule has 0 aliphatic heterocycles. The van der Waals surface area contributed by atoms with Gasteiger partial charge >= 0.3 is 16.1 Å². The molecular weight excluding hydrogens is 447 g/mol. The molecule has 0 bridgehead atoms. The van der Waals surface area contributed by atoms with Gasteiger partial charge in [-0.25, -0.2) is 9.18 Å². The van der Waals surface area contributed by atoms with Gasteiger partial charge in [-0.2, -0.15) is 8.42 Å². The Labute approximate surface area is 192 Å². The topological polar surface area (TPSA) is 84.9 Å². The minimum Gasteiger partial charge on any atom is -0.383 e. The predicted octanol–water partition coefficient (Wildman–Crippen LogP) is 3.95. The van der Waals surface area contributed by atoms with Gasteiger partial charge in [-0.15, -0.1) is 0 Å². The van der Waals surface area contributed by atoms with Crippen LogP contribution in [0.5, 0.6) is 5.75 Å². The van der Waals surface area contributed by atoms with E-state index in [9.17, 15) is 17.6 Å². The zero-order chi connectivity index (χ0) is 23.7. The number of nitrogens with zero attached hydrogens (tertiary/aromatic N) is 1. The van der Waals surface area contributed by atoms with Gasteiger partial charge in [0.05, 0.1) is 6.61 Å². The van der Waals surface area contributed by atoms with Crippen LogP contribution < -0.4 is 9.50 Å². The minimum atomic E-state index is -4.08. The number of amides is 2. The number of carbonyl (C=O) groups is 1. The van der Waals surface area contributed by atoms with E-state index in [1.165, 1.54) is 12.1 Å². The van der Waals surface area contributed by atoms with Gasteiger partial charge in [0.15, 0.2) is 0 Å². The summed E-state index contributed by atoms with van der Waals surface area (Å²) < 4.78 is 48.0. The molecule has 2 amide bonds. The van der Waals surface area contributed by atoms with Crippen LogP contribution in [0.3, 0.4) is 0 Å². The van der Waals surface area contributed by atoms with Crippen LogP contribution in [0.4, 0.5) is 9.18 Å². The molecule has 174 valence electrons. The summed E-state index contributed by atoms with van der Waals surface area (Å²) in [5.41, 5.74) is 1.77. The fourth-order valence-corrected chi connectivity index (χ4v) is 3.92. The summed E-state index contributed by atoms with van der Waals surface area (Å²) in [6, 6.07) is 20.1. The lowest BCUT2D eigenvalue weighted by Crippen LogP contribution is -2.40. The van der Waals surface area contributed by atoms with Gasteiger partial charge in [-0.1, -0.05) is 42.5 Å². The fraction of sp³-hybridized carbons (Fsp3) is 0.208. The Morgan fingerprint density at radius 1 is 0.939 bits per heavy atom. The Hall–Kier alpha value is -3.43. The van der Waals surface area contributed by atoms with Gasteiger partial charge in [0.2, 0.25) is 0 Å². The molecule has 9 heteroatoms. The number of halogens is 1. The van der Waals surface area contributed by atoms with E-state index in [-0.39, 0.29) is 16.7 Å². The highest BCUT2D eigenvalue weighted by Gasteiger charge is 2.17. The molecule has 0 atom stereocenters. The van der Waals surface area contributed by atoms with Crippen LogP contribution in [0.15, 0.2) is 83.8 Å². The van der Waals surface area contributed by atoms with Gasteiger partial charge in [0.1, 0.15) is 16.5 Å². The first-order chi connectivity index (χ1) is 15.9. The van der Waals surface area contributed by atoms with E-state index >= 15 is 0 Å². The Bertz CT molecular complexity index is 1140.